The molecule has 1 aliphatic heterocycles. The van der Waals surface area contributed by atoms with Crippen LogP contribution in [0, 0.1) is 11.3 Å². The summed E-state index contributed by atoms with van der Waals surface area (Å²) >= 11 is 1.09. The molecule has 0 atom stereocenters. The van der Waals surface area contributed by atoms with Crippen LogP contribution in [-0.4, -0.2) is 54.8 Å². The number of primary amides is 1. The molecule has 0 bridgehead atoms. The van der Waals surface area contributed by atoms with Gasteiger partial charge in [-0.05, 0) is 19.1 Å². The minimum Gasteiger partial charge on any atom is -0.493 e. The molecule has 1 saturated heterocycles. The van der Waals surface area contributed by atoms with Gasteiger partial charge in [0.2, 0.25) is 0 Å². The summed E-state index contributed by atoms with van der Waals surface area (Å²) in [4.78, 5) is 27.1. The van der Waals surface area contributed by atoms with Gasteiger partial charge in [0.05, 0.1) is 24.4 Å². The Morgan fingerprint density at radius 3 is 2.73 bits per heavy atom. The summed E-state index contributed by atoms with van der Waals surface area (Å²) in [5, 5.41) is 9.44. The standard InChI is InChI=1S/C21H24N4O4S/c1-2-29-17-6-4-3-5-15(17)13-18-20(27)25(8-7-24-9-11-28-12-10-24)21(30-18)16(14-22)19(23)26/h3-6,13H,2,7-12H2,1H3,(H2,23,26)/b18-13-,21-16-. The van der Waals surface area contributed by atoms with E-state index in [2.05, 4.69) is 4.90 Å². The molecule has 0 spiro atoms. The second-order valence-electron chi connectivity index (χ2n) is 6.65. The van der Waals surface area contributed by atoms with E-state index in [4.69, 9.17) is 15.2 Å². The van der Waals surface area contributed by atoms with Crippen LogP contribution in [-0.2, 0) is 16.1 Å². The van der Waals surface area contributed by atoms with Crippen molar-refractivity contribution in [3.05, 3.63) is 49.4 Å². The first kappa shape index (κ1) is 21.8. The third kappa shape index (κ3) is 4.97. The van der Waals surface area contributed by atoms with E-state index >= 15 is 0 Å². The number of thiazole rings is 1. The molecule has 8 nitrogen and oxygen atoms in total. The predicted octanol–water partition coefficient (Wildman–Crippen LogP) is -0.371. The summed E-state index contributed by atoms with van der Waals surface area (Å²) in [5.41, 5.74) is 5.68. The maximum atomic E-state index is 13.2. The van der Waals surface area contributed by atoms with Crippen molar-refractivity contribution in [1.82, 2.24) is 9.47 Å². The third-order valence-corrected chi connectivity index (χ3v) is 5.86. The molecule has 0 aliphatic carbocycles. The predicted molar refractivity (Wildman–Crippen MR) is 114 cm³/mol. The number of aromatic nitrogens is 1. The van der Waals surface area contributed by atoms with Gasteiger partial charge >= 0.3 is 0 Å². The Labute approximate surface area is 178 Å². The number of para-hydroxylation sites is 1. The van der Waals surface area contributed by atoms with Crippen LogP contribution in [0.15, 0.2) is 29.1 Å². The molecule has 158 valence electrons. The molecule has 2 heterocycles. The number of nitriles is 1. The summed E-state index contributed by atoms with van der Waals surface area (Å²) in [6, 6.07) is 9.25. The van der Waals surface area contributed by atoms with Gasteiger partial charge in [0.15, 0.2) is 5.57 Å². The molecule has 0 unspecified atom stereocenters. The number of hydrogen-bond donors (Lipinski definition) is 1. The third-order valence-electron chi connectivity index (χ3n) is 4.73. The van der Waals surface area contributed by atoms with Crippen molar-refractivity contribution in [2.24, 2.45) is 5.73 Å². The van der Waals surface area contributed by atoms with Gasteiger partial charge < -0.3 is 15.2 Å². The lowest BCUT2D eigenvalue weighted by atomic mass is 10.2. The Morgan fingerprint density at radius 1 is 1.33 bits per heavy atom. The second-order valence-corrected chi connectivity index (χ2v) is 7.68. The highest BCUT2D eigenvalue weighted by Crippen LogP contribution is 2.18. The minimum absolute atomic E-state index is 0.211. The summed E-state index contributed by atoms with van der Waals surface area (Å²) in [6.45, 7) is 6.20. The van der Waals surface area contributed by atoms with Crippen LogP contribution in [0.5, 0.6) is 5.75 Å². The van der Waals surface area contributed by atoms with E-state index in [-0.39, 0.29) is 15.8 Å². The lowest BCUT2D eigenvalue weighted by Crippen LogP contribution is -2.42. The van der Waals surface area contributed by atoms with Crippen LogP contribution in [0.1, 0.15) is 12.5 Å². The number of amides is 1. The van der Waals surface area contributed by atoms with Crippen LogP contribution < -0.4 is 25.2 Å². The quantitative estimate of drug-likeness (QED) is 0.644. The smallest absolute Gasteiger partial charge is 0.269 e. The maximum absolute atomic E-state index is 13.2. The topological polar surface area (TPSA) is 111 Å². The first-order valence-corrected chi connectivity index (χ1v) is 10.5. The lowest BCUT2D eigenvalue weighted by Gasteiger charge is -2.26. The Balaban J connectivity index is 2.10. The van der Waals surface area contributed by atoms with E-state index in [9.17, 15) is 14.9 Å². The molecular formula is C21H24N4O4S. The fourth-order valence-electron chi connectivity index (χ4n) is 3.21. The van der Waals surface area contributed by atoms with Gasteiger partial charge in [-0.2, -0.15) is 5.26 Å². The zero-order valence-corrected chi connectivity index (χ0v) is 17.6. The zero-order valence-electron chi connectivity index (χ0n) is 16.8. The van der Waals surface area contributed by atoms with Crippen LogP contribution in [0.25, 0.3) is 11.6 Å². The van der Waals surface area contributed by atoms with Gasteiger partial charge in [-0.25, -0.2) is 0 Å². The summed E-state index contributed by atoms with van der Waals surface area (Å²) in [7, 11) is 0. The van der Waals surface area contributed by atoms with Gasteiger partial charge in [0, 0.05) is 31.7 Å². The van der Waals surface area contributed by atoms with Crippen LogP contribution in [0.2, 0.25) is 0 Å². The number of hydrogen-bond acceptors (Lipinski definition) is 7. The van der Waals surface area contributed by atoms with Crippen molar-refractivity contribution in [2.75, 3.05) is 39.5 Å². The zero-order chi connectivity index (χ0) is 21.5. The second kappa shape index (κ2) is 10.2. The van der Waals surface area contributed by atoms with Crippen molar-refractivity contribution >= 4 is 28.9 Å². The number of carbonyl (C=O) groups excluding carboxylic acids is 1. The van der Waals surface area contributed by atoms with Crippen molar-refractivity contribution in [1.29, 1.82) is 5.26 Å². The van der Waals surface area contributed by atoms with Crippen molar-refractivity contribution < 1.29 is 14.3 Å². The maximum Gasteiger partial charge on any atom is 0.269 e. The van der Waals surface area contributed by atoms with Crippen LogP contribution in [0.4, 0.5) is 0 Å². The number of ether oxygens (including phenoxy) is 2. The first-order chi connectivity index (χ1) is 14.5. The summed E-state index contributed by atoms with van der Waals surface area (Å²) in [5.74, 6) is -0.186. The number of nitrogens with two attached hydrogens (primary N) is 1. The van der Waals surface area contributed by atoms with E-state index in [0.717, 1.165) is 30.0 Å². The Kier molecular flexibility index (Phi) is 7.41. The Hall–Kier alpha value is -2.93. The highest BCUT2D eigenvalue weighted by molar-refractivity contribution is 7.07. The molecule has 1 aromatic heterocycles. The van der Waals surface area contributed by atoms with Crippen molar-refractivity contribution in [3.8, 4) is 11.8 Å². The van der Waals surface area contributed by atoms with Crippen LogP contribution >= 0.6 is 11.3 Å². The van der Waals surface area contributed by atoms with Gasteiger partial charge in [-0.15, -0.1) is 11.3 Å². The highest BCUT2D eigenvalue weighted by atomic mass is 32.1. The van der Waals surface area contributed by atoms with Gasteiger partial charge in [0.1, 0.15) is 16.5 Å². The Bertz CT molecular complexity index is 1120. The number of carbonyl (C=O) groups is 1. The molecule has 0 saturated carbocycles. The molecule has 1 aromatic carbocycles. The van der Waals surface area contributed by atoms with E-state index in [1.165, 1.54) is 4.57 Å². The molecular weight excluding hydrogens is 404 g/mol. The van der Waals surface area contributed by atoms with E-state index < -0.39 is 5.91 Å². The van der Waals surface area contributed by atoms with E-state index in [1.54, 1.807) is 6.08 Å². The molecule has 9 heteroatoms. The van der Waals surface area contributed by atoms with Crippen molar-refractivity contribution in [2.45, 2.75) is 13.5 Å². The normalized spacial score (nSPS) is 16.2. The van der Waals surface area contributed by atoms with Gasteiger partial charge in [0.25, 0.3) is 11.5 Å². The average molecular weight is 429 g/mol. The SMILES string of the molecule is CCOc1ccccc1/C=c1\s/c(=C(/C#N)C(N)=O)n(CCN2CCOCC2)c1=O. The largest absolute Gasteiger partial charge is 0.493 e. The summed E-state index contributed by atoms with van der Waals surface area (Å²) in [6.07, 6.45) is 1.72. The minimum atomic E-state index is -0.847. The Morgan fingerprint density at radius 2 is 2.07 bits per heavy atom. The van der Waals surface area contributed by atoms with Gasteiger partial charge in [-0.1, -0.05) is 18.2 Å². The van der Waals surface area contributed by atoms with E-state index in [0.29, 0.717) is 43.2 Å². The number of nitrogens with zero attached hydrogens (tertiary/aromatic N) is 3. The monoisotopic (exact) mass is 428 g/mol. The fraction of sp³-hybridized carbons (Fsp3) is 0.381. The molecule has 1 aliphatic rings. The molecule has 3 rings (SSSR count). The average Bonchev–Trinajstić information content (AvgIpc) is 3.04. The van der Waals surface area contributed by atoms with Gasteiger partial charge in [-0.3, -0.25) is 19.1 Å². The van der Waals surface area contributed by atoms with Crippen molar-refractivity contribution in [3.63, 3.8) is 0 Å². The number of rotatable bonds is 7. The molecule has 30 heavy (non-hydrogen) atoms. The summed E-state index contributed by atoms with van der Waals surface area (Å²) < 4.78 is 13.2. The first-order valence-electron chi connectivity index (χ1n) is 9.72. The van der Waals surface area contributed by atoms with E-state index in [1.807, 2.05) is 37.3 Å². The van der Waals surface area contributed by atoms with Crippen LogP contribution in [0.3, 0.4) is 0 Å². The molecule has 2 N–H and O–H groups in total. The number of morpholine rings is 1. The molecule has 2 aromatic rings. The molecule has 1 amide bonds. The highest BCUT2D eigenvalue weighted by Gasteiger charge is 2.16. The molecule has 1 fully saturated rings. The lowest BCUT2D eigenvalue weighted by molar-refractivity contribution is -0.112. The fourth-order valence-corrected chi connectivity index (χ4v) is 4.34. The molecule has 0 radical (unpaired) electrons. The number of benzene rings is 1.